The number of fused-ring (bicyclic) bond motifs is 1. The molecule has 2 aromatic carbocycles. The molecule has 1 aliphatic rings. The number of benzene rings is 2. The van der Waals surface area contributed by atoms with Gasteiger partial charge in [-0.2, -0.15) is 0 Å². The SMILES string of the molecule is COc1cc2c(=O)c(-c3ccc(O)cc3)coc2cc1O[C@@H]1O[C@H](O)[C@@H](CO)[C@H](O)[C@H]1O. The van der Waals surface area contributed by atoms with E-state index in [0.29, 0.717) is 5.56 Å². The Hall–Kier alpha value is -3.15. The number of hydrogen-bond acceptors (Lipinski definition) is 10. The van der Waals surface area contributed by atoms with E-state index in [1.54, 1.807) is 12.1 Å². The van der Waals surface area contributed by atoms with Gasteiger partial charge in [0.05, 0.1) is 36.7 Å². The summed E-state index contributed by atoms with van der Waals surface area (Å²) >= 11 is 0. The van der Waals surface area contributed by atoms with E-state index < -0.39 is 37.3 Å². The molecule has 10 nitrogen and oxygen atoms in total. The Kier molecular flexibility index (Phi) is 6.04. The van der Waals surface area contributed by atoms with Crippen LogP contribution in [0.3, 0.4) is 0 Å². The summed E-state index contributed by atoms with van der Waals surface area (Å²) in [6, 6.07) is 8.84. The standard InChI is InChI=1S/C22H22O10/c1-29-16-6-12-15(30-9-14(18(12)25)10-2-4-11(24)5-3-10)7-17(16)31-22-20(27)19(26)13(8-23)21(28)32-22/h2-7,9,13,19-24,26-28H,8H2,1H3/t13-,19-,20+,21-,22+/m0/s1. The van der Waals surface area contributed by atoms with Crippen LogP contribution in [0.5, 0.6) is 17.2 Å². The van der Waals surface area contributed by atoms with E-state index in [1.165, 1.54) is 37.6 Å². The van der Waals surface area contributed by atoms with Gasteiger partial charge >= 0.3 is 0 Å². The number of rotatable bonds is 5. The lowest BCUT2D eigenvalue weighted by atomic mass is 9.95. The molecule has 1 aliphatic heterocycles. The minimum atomic E-state index is -1.57. The monoisotopic (exact) mass is 446 g/mol. The van der Waals surface area contributed by atoms with Crippen LogP contribution in [0, 0.1) is 5.92 Å². The fourth-order valence-corrected chi connectivity index (χ4v) is 3.55. The summed E-state index contributed by atoms with van der Waals surface area (Å²) in [4.78, 5) is 13.0. The van der Waals surface area contributed by atoms with Crippen LogP contribution < -0.4 is 14.9 Å². The van der Waals surface area contributed by atoms with Gasteiger partial charge in [0, 0.05) is 6.07 Å². The van der Waals surface area contributed by atoms with Crippen molar-refractivity contribution in [1.29, 1.82) is 0 Å². The highest BCUT2D eigenvalue weighted by atomic mass is 16.7. The Balaban J connectivity index is 1.70. The first-order valence-corrected chi connectivity index (χ1v) is 9.74. The first kappa shape index (κ1) is 22.1. The van der Waals surface area contributed by atoms with Gasteiger partial charge in [0.1, 0.15) is 23.7 Å². The number of aliphatic hydroxyl groups is 4. The topological polar surface area (TPSA) is 159 Å². The molecule has 10 heteroatoms. The lowest BCUT2D eigenvalue weighted by molar-refractivity contribution is -0.312. The molecule has 1 aromatic heterocycles. The predicted octanol–water partition coefficient (Wildman–Crippen LogP) is 0.558. The third-order valence-electron chi connectivity index (χ3n) is 5.40. The molecule has 4 rings (SSSR count). The Morgan fingerprint density at radius 3 is 2.41 bits per heavy atom. The van der Waals surface area contributed by atoms with Crippen LogP contribution in [-0.2, 0) is 4.74 Å². The maximum Gasteiger partial charge on any atom is 0.231 e. The average Bonchev–Trinajstić information content (AvgIpc) is 2.78. The molecule has 2 heterocycles. The number of phenols is 1. The summed E-state index contributed by atoms with van der Waals surface area (Å²) < 4.78 is 21.7. The molecular formula is C22H22O10. The van der Waals surface area contributed by atoms with Gasteiger partial charge in [-0.3, -0.25) is 4.79 Å². The molecule has 5 atom stereocenters. The molecule has 1 saturated heterocycles. The minimum Gasteiger partial charge on any atom is -0.508 e. The smallest absolute Gasteiger partial charge is 0.231 e. The summed E-state index contributed by atoms with van der Waals surface area (Å²) in [5.41, 5.74) is 0.652. The predicted molar refractivity (Wildman–Crippen MR) is 110 cm³/mol. The van der Waals surface area contributed by atoms with Crippen molar-refractivity contribution in [2.45, 2.75) is 24.8 Å². The van der Waals surface area contributed by atoms with Crippen LogP contribution in [0.15, 0.2) is 51.9 Å². The van der Waals surface area contributed by atoms with Crippen molar-refractivity contribution in [1.82, 2.24) is 0 Å². The summed E-state index contributed by atoms with van der Waals surface area (Å²) in [6.07, 6.45) is -4.83. The van der Waals surface area contributed by atoms with Crippen molar-refractivity contribution in [3.63, 3.8) is 0 Å². The van der Waals surface area contributed by atoms with E-state index in [4.69, 9.17) is 18.6 Å². The molecule has 1 fully saturated rings. The lowest BCUT2D eigenvalue weighted by Gasteiger charge is -2.39. The van der Waals surface area contributed by atoms with Gasteiger partial charge in [-0.1, -0.05) is 12.1 Å². The summed E-state index contributed by atoms with van der Waals surface area (Å²) in [5, 5.41) is 49.2. The van der Waals surface area contributed by atoms with Gasteiger partial charge in [0.25, 0.3) is 0 Å². The van der Waals surface area contributed by atoms with E-state index in [1.807, 2.05) is 0 Å². The molecule has 0 amide bonds. The molecule has 0 aliphatic carbocycles. The Morgan fingerprint density at radius 1 is 1.03 bits per heavy atom. The van der Waals surface area contributed by atoms with Crippen LogP contribution in [0.1, 0.15) is 0 Å². The number of aliphatic hydroxyl groups excluding tert-OH is 4. The van der Waals surface area contributed by atoms with E-state index in [-0.39, 0.29) is 39.2 Å². The third-order valence-corrected chi connectivity index (χ3v) is 5.40. The number of aromatic hydroxyl groups is 1. The van der Waals surface area contributed by atoms with Crippen molar-refractivity contribution >= 4 is 11.0 Å². The molecule has 170 valence electrons. The lowest BCUT2D eigenvalue weighted by Crippen LogP contribution is -2.57. The summed E-state index contributed by atoms with van der Waals surface area (Å²) in [5.74, 6) is -0.877. The van der Waals surface area contributed by atoms with Gasteiger partial charge < -0.3 is 44.2 Å². The van der Waals surface area contributed by atoms with Crippen LogP contribution in [0.25, 0.3) is 22.1 Å². The van der Waals surface area contributed by atoms with E-state index >= 15 is 0 Å². The first-order valence-electron chi connectivity index (χ1n) is 9.74. The largest absolute Gasteiger partial charge is 0.508 e. The molecule has 0 spiro atoms. The van der Waals surface area contributed by atoms with Gasteiger partial charge in [0.15, 0.2) is 17.8 Å². The number of methoxy groups -OCH3 is 1. The highest BCUT2D eigenvalue weighted by Gasteiger charge is 2.45. The molecular weight excluding hydrogens is 424 g/mol. The quantitative estimate of drug-likeness (QED) is 0.375. The zero-order valence-electron chi connectivity index (χ0n) is 16.9. The van der Waals surface area contributed by atoms with Gasteiger partial charge in [-0.25, -0.2) is 0 Å². The molecule has 32 heavy (non-hydrogen) atoms. The number of ether oxygens (including phenoxy) is 3. The van der Waals surface area contributed by atoms with Crippen LogP contribution >= 0.6 is 0 Å². The summed E-state index contributed by atoms with van der Waals surface area (Å²) in [6.45, 7) is -0.597. The fraction of sp³-hybridized carbons (Fsp3) is 0.318. The number of phenolic OH excluding ortho intramolecular Hbond substituents is 1. The first-order chi connectivity index (χ1) is 15.3. The second-order valence-corrected chi connectivity index (χ2v) is 7.37. The molecule has 5 N–H and O–H groups in total. The van der Waals surface area contributed by atoms with E-state index in [9.17, 15) is 30.3 Å². The molecule has 3 aromatic rings. The van der Waals surface area contributed by atoms with Crippen molar-refractivity contribution in [3.05, 3.63) is 52.9 Å². The Labute approximate surface area is 181 Å². The third kappa shape index (κ3) is 3.90. The van der Waals surface area contributed by atoms with Crippen LogP contribution in [0.4, 0.5) is 0 Å². The Bertz CT molecular complexity index is 1160. The van der Waals surface area contributed by atoms with Crippen molar-refractivity contribution in [3.8, 4) is 28.4 Å². The van der Waals surface area contributed by atoms with Crippen molar-refractivity contribution in [2.75, 3.05) is 13.7 Å². The maximum absolute atomic E-state index is 13.0. The molecule has 0 bridgehead atoms. The van der Waals surface area contributed by atoms with Crippen LogP contribution in [0.2, 0.25) is 0 Å². The fourth-order valence-electron chi connectivity index (χ4n) is 3.55. The zero-order chi connectivity index (χ0) is 23.0. The molecule has 0 radical (unpaired) electrons. The second kappa shape index (κ2) is 8.77. The average molecular weight is 446 g/mol. The highest BCUT2D eigenvalue weighted by molar-refractivity contribution is 5.84. The summed E-state index contributed by atoms with van der Waals surface area (Å²) in [7, 11) is 1.35. The number of hydrogen-bond donors (Lipinski definition) is 5. The van der Waals surface area contributed by atoms with E-state index in [2.05, 4.69) is 0 Å². The molecule has 0 saturated carbocycles. The van der Waals surface area contributed by atoms with E-state index in [0.717, 1.165) is 0 Å². The van der Waals surface area contributed by atoms with Crippen molar-refractivity contribution < 1.29 is 44.2 Å². The molecule has 0 unspecified atom stereocenters. The maximum atomic E-state index is 13.0. The minimum absolute atomic E-state index is 0.0337. The second-order valence-electron chi connectivity index (χ2n) is 7.37. The zero-order valence-corrected chi connectivity index (χ0v) is 16.9. The highest BCUT2D eigenvalue weighted by Crippen LogP contribution is 2.35. The van der Waals surface area contributed by atoms with Gasteiger partial charge in [0.2, 0.25) is 11.7 Å². The normalized spacial score (nSPS) is 25.6. The van der Waals surface area contributed by atoms with Crippen molar-refractivity contribution in [2.24, 2.45) is 5.92 Å². The van der Waals surface area contributed by atoms with Crippen LogP contribution in [-0.4, -0.2) is 64.0 Å². The van der Waals surface area contributed by atoms with Gasteiger partial charge in [-0.05, 0) is 23.8 Å². The van der Waals surface area contributed by atoms with Gasteiger partial charge in [-0.15, -0.1) is 0 Å². The Morgan fingerprint density at radius 2 is 1.75 bits per heavy atom.